The number of hydrogen-bond acceptors (Lipinski definition) is 5. The minimum Gasteiger partial charge on any atom is -0.381 e. The van der Waals surface area contributed by atoms with E-state index in [1.165, 1.54) is 0 Å². The molecule has 0 radical (unpaired) electrons. The molecular formula is C13H28N2O3. The van der Waals surface area contributed by atoms with Crippen molar-refractivity contribution in [3.63, 3.8) is 0 Å². The molecule has 0 spiro atoms. The minimum atomic E-state index is -0.211. The second-order valence-electron chi connectivity index (χ2n) is 5.60. The van der Waals surface area contributed by atoms with Crippen LogP contribution < -0.4 is 11.3 Å². The van der Waals surface area contributed by atoms with Crippen LogP contribution in [0.15, 0.2) is 0 Å². The fraction of sp³-hybridized carbons (Fsp3) is 1.00. The van der Waals surface area contributed by atoms with Gasteiger partial charge in [-0.15, -0.1) is 0 Å². The van der Waals surface area contributed by atoms with Crippen LogP contribution >= 0.6 is 0 Å². The van der Waals surface area contributed by atoms with Crippen molar-refractivity contribution in [2.75, 3.05) is 27.4 Å². The van der Waals surface area contributed by atoms with Crippen LogP contribution in [0.2, 0.25) is 0 Å². The van der Waals surface area contributed by atoms with Crippen molar-refractivity contribution in [3.05, 3.63) is 0 Å². The van der Waals surface area contributed by atoms with Crippen molar-refractivity contribution in [3.8, 4) is 0 Å². The van der Waals surface area contributed by atoms with Gasteiger partial charge in [0.25, 0.3) is 0 Å². The molecule has 1 rings (SSSR count). The Kier molecular flexibility index (Phi) is 6.01. The first-order valence-electron chi connectivity index (χ1n) is 6.64. The van der Waals surface area contributed by atoms with Crippen molar-refractivity contribution in [2.24, 2.45) is 5.84 Å². The van der Waals surface area contributed by atoms with Crippen molar-refractivity contribution >= 4 is 0 Å². The Morgan fingerprint density at radius 2 is 1.94 bits per heavy atom. The van der Waals surface area contributed by atoms with E-state index in [1.807, 2.05) is 0 Å². The maximum absolute atomic E-state index is 5.77. The van der Waals surface area contributed by atoms with E-state index >= 15 is 0 Å². The molecule has 5 nitrogen and oxygen atoms in total. The summed E-state index contributed by atoms with van der Waals surface area (Å²) in [6, 6.07) is 0.126. The molecule has 1 aliphatic heterocycles. The predicted molar refractivity (Wildman–Crippen MR) is 71.2 cm³/mol. The molecular weight excluding hydrogens is 232 g/mol. The molecule has 0 amide bonds. The lowest BCUT2D eigenvalue weighted by atomic mass is 9.82. The number of nitrogens with one attached hydrogen (secondary N) is 1. The molecule has 0 saturated carbocycles. The molecule has 108 valence electrons. The number of hydrazine groups is 1. The molecule has 1 atom stereocenters. The van der Waals surface area contributed by atoms with Gasteiger partial charge < -0.3 is 14.2 Å². The fourth-order valence-electron chi connectivity index (χ4n) is 2.50. The first-order chi connectivity index (χ1) is 8.49. The maximum Gasteiger partial charge on any atom is 0.0888 e. The molecule has 0 aromatic heterocycles. The molecule has 1 fully saturated rings. The van der Waals surface area contributed by atoms with Crippen LogP contribution in [0.3, 0.4) is 0 Å². The molecule has 1 unspecified atom stereocenters. The summed E-state index contributed by atoms with van der Waals surface area (Å²) in [5.41, 5.74) is 2.58. The Bertz CT molecular complexity index is 240. The van der Waals surface area contributed by atoms with Gasteiger partial charge >= 0.3 is 0 Å². The molecule has 0 aromatic rings. The van der Waals surface area contributed by atoms with Crippen molar-refractivity contribution in [1.82, 2.24) is 5.43 Å². The second-order valence-corrected chi connectivity index (χ2v) is 5.60. The van der Waals surface area contributed by atoms with Gasteiger partial charge in [-0.05, 0) is 26.7 Å². The van der Waals surface area contributed by atoms with Gasteiger partial charge in [0.1, 0.15) is 0 Å². The monoisotopic (exact) mass is 260 g/mol. The zero-order chi connectivity index (χ0) is 13.6. The third-order valence-electron chi connectivity index (χ3n) is 4.17. The summed E-state index contributed by atoms with van der Waals surface area (Å²) in [7, 11) is 3.50. The van der Waals surface area contributed by atoms with Gasteiger partial charge in [-0.3, -0.25) is 11.3 Å². The normalized spacial score (nSPS) is 21.8. The van der Waals surface area contributed by atoms with Crippen molar-refractivity contribution in [2.45, 2.75) is 56.8 Å². The zero-order valence-corrected chi connectivity index (χ0v) is 12.1. The molecule has 1 aliphatic rings. The van der Waals surface area contributed by atoms with Crippen LogP contribution in [0.1, 0.15) is 39.5 Å². The van der Waals surface area contributed by atoms with Crippen LogP contribution in [0.5, 0.6) is 0 Å². The van der Waals surface area contributed by atoms with Crippen molar-refractivity contribution < 1.29 is 14.2 Å². The smallest absolute Gasteiger partial charge is 0.0888 e. The Morgan fingerprint density at radius 3 is 2.39 bits per heavy atom. The van der Waals surface area contributed by atoms with E-state index in [0.717, 1.165) is 38.9 Å². The highest BCUT2D eigenvalue weighted by Gasteiger charge is 2.40. The predicted octanol–water partition coefficient (Wildman–Crippen LogP) is 1.22. The molecule has 0 aliphatic carbocycles. The number of rotatable bonds is 7. The zero-order valence-electron chi connectivity index (χ0n) is 12.1. The average Bonchev–Trinajstić information content (AvgIpc) is 2.40. The average molecular weight is 260 g/mol. The van der Waals surface area contributed by atoms with Crippen LogP contribution in [0, 0.1) is 0 Å². The first-order valence-corrected chi connectivity index (χ1v) is 6.64. The standard InChI is InChI=1S/C13H28N2O3/c1-12(2,16-3)6-5-11(15-14)13(17-4)7-9-18-10-8-13/h11,15H,5-10,14H2,1-4H3. The number of nitrogens with two attached hydrogens (primary N) is 1. The van der Waals surface area contributed by atoms with Crippen LogP contribution in [0.4, 0.5) is 0 Å². The lowest BCUT2D eigenvalue weighted by molar-refractivity contribution is -0.115. The molecule has 5 heteroatoms. The lowest BCUT2D eigenvalue weighted by Gasteiger charge is -2.42. The highest BCUT2D eigenvalue weighted by molar-refractivity contribution is 4.94. The minimum absolute atomic E-state index is 0.126. The first kappa shape index (κ1) is 15.9. The van der Waals surface area contributed by atoms with Gasteiger partial charge in [-0.2, -0.15) is 0 Å². The van der Waals surface area contributed by atoms with E-state index in [1.54, 1.807) is 14.2 Å². The third-order valence-corrected chi connectivity index (χ3v) is 4.17. The van der Waals surface area contributed by atoms with Gasteiger partial charge in [-0.25, -0.2) is 0 Å². The Hall–Kier alpha value is -0.200. The Morgan fingerprint density at radius 1 is 1.33 bits per heavy atom. The Labute approximate surface area is 110 Å². The lowest BCUT2D eigenvalue weighted by Crippen LogP contribution is -2.57. The van der Waals surface area contributed by atoms with E-state index in [9.17, 15) is 0 Å². The Balaban J connectivity index is 2.62. The second kappa shape index (κ2) is 6.82. The van der Waals surface area contributed by atoms with Gasteiger partial charge in [0.2, 0.25) is 0 Å². The summed E-state index contributed by atoms with van der Waals surface area (Å²) in [6.45, 7) is 5.65. The summed E-state index contributed by atoms with van der Waals surface area (Å²) >= 11 is 0. The van der Waals surface area contributed by atoms with Gasteiger partial charge in [0, 0.05) is 40.3 Å². The number of hydrogen-bond donors (Lipinski definition) is 2. The van der Waals surface area contributed by atoms with E-state index in [2.05, 4.69) is 19.3 Å². The van der Waals surface area contributed by atoms with Crippen LogP contribution in [0.25, 0.3) is 0 Å². The molecule has 1 saturated heterocycles. The maximum atomic E-state index is 5.77. The number of methoxy groups -OCH3 is 2. The molecule has 0 bridgehead atoms. The largest absolute Gasteiger partial charge is 0.381 e. The summed E-state index contributed by atoms with van der Waals surface area (Å²) in [5.74, 6) is 5.72. The molecule has 1 heterocycles. The summed E-state index contributed by atoms with van der Waals surface area (Å²) in [5, 5.41) is 0. The summed E-state index contributed by atoms with van der Waals surface area (Å²) in [6.07, 6.45) is 3.62. The molecule has 18 heavy (non-hydrogen) atoms. The van der Waals surface area contributed by atoms with E-state index < -0.39 is 0 Å². The van der Waals surface area contributed by atoms with E-state index in [0.29, 0.717) is 0 Å². The quantitative estimate of drug-likeness (QED) is 0.532. The molecule has 0 aromatic carbocycles. The fourth-order valence-corrected chi connectivity index (χ4v) is 2.50. The van der Waals surface area contributed by atoms with E-state index in [4.69, 9.17) is 20.1 Å². The highest BCUT2D eigenvalue weighted by atomic mass is 16.5. The van der Waals surface area contributed by atoms with Crippen LogP contribution in [-0.2, 0) is 14.2 Å². The third kappa shape index (κ3) is 3.90. The van der Waals surface area contributed by atoms with Crippen molar-refractivity contribution in [1.29, 1.82) is 0 Å². The topological polar surface area (TPSA) is 65.7 Å². The van der Waals surface area contributed by atoms with Crippen LogP contribution in [-0.4, -0.2) is 44.7 Å². The SMILES string of the molecule is COC(C)(C)CCC(NN)C1(OC)CCOCC1. The molecule has 3 N–H and O–H groups in total. The summed E-state index contributed by atoms with van der Waals surface area (Å²) in [4.78, 5) is 0. The van der Waals surface area contributed by atoms with Gasteiger partial charge in [0.05, 0.1) is 17.2 Å². The summed E-state index contributed by atoms with van der Waals surface area (Å²) < 4.78 is 16.6. The highest BCUT2D eigenvalue weighted by Crippen LogP contribution is 2.31. The number of ether oxygens (including phenoxy) is 3. The van der Waals surface area contributed by atoms with Gasteiger partial charge in [0.15, 0.2) is 0 Å². The van der Waals surface area contributed by atoms with Gasteiger partial charge in [-0.1, -0.05) is 0 Å². The van der Waals surface area contributed by atoms with E-state index in [-0.39, 0.29) is 17.2 Å².